The van der Waals surface area contributed by atoms with E-state index in [1.807, 2.05) is 23.1 Å². The number of amides is 1. The van der Waals surface area contributed by atoms with Crippen molar-refractivity contribution in [3.05, 3.63) is 71.3 Å². The van der Waals surface area contributed by atoms with E-state index in [1.54, 1.807) is 0 Å². The number of likely N-dealkylation sites (tertiary alicyclic amines) is 1. The summed E-state index contributed by atoms with van der Waals surface area (Å²) in [6, 6.07) is 18.6. The Morgan fingerprint density at radius 2 is 1.76 bits per heavy atom. The molecule has 2 atom stereocenters. The molecule has 2 aliphatic heterocycles. The Hall–Kier alpha value is -2.21. The third-order valence-corrected chi connectivity index (χ3v) is 6.43. The van der Waals surface area contributed by atoms with Crippen molar-refractivity contribution < 1.29 is 4.79 Å². The van der Waals surface area contributed by atoms with Gasteiger partial charge in [-0.15, -0.1) is 0 Å². The largest absolute Gasteiger partial charge is 0.338 e. The van der Waals surface area contributed by atoms with E-state index < -0.39 is 0 Å². The summed E-state index contributed by atoms with van der Waals surface area (Å²) in [6.07, 6.45) is 0. The number of hydrogen-bond donors (Lipinski definition) is 1. The predicted octanol–water partition coefficient (Wildman–Crippen LogP) is 2.25. The van der Waals surface area contributed by atoms with Crippen LogP contribution in [0, 0.1) is 5.92 Å². The second-order valence-corrected chi connectivity index (χ2v) is 8.50. The monoisotopic (exact) mass is 392 g/mol. The molecule has 2 aromatic rings. The molecule has 154 valence electrons. The first-order valence-electron chi connectivity index (χ1n) is 10.7. The summed E-state index contributed by atoms with van der Waals surface area (Å²) in [6.45, 7) is 7.36. The fourth-order valence-electron chi connectivity index (χ4n) is 4.60. The molecule has 0 aliphatic carbocycles. The topological polar surface area (TPSA) is 52.8 Å². The van der Waals surface area contributed by atoms with Crippen LogP contribution in [0.3, 0.4) is 0 Å². The number of carbonyl (C=O) groups excluding carboxylic acids is 1. The molecule has 0 saturated carbocycles. The summed E-state index contributed by atoms with van der Waals surface area (Å²) < 4.78 is 0. The number of likely N-dealkylation sites (N-methyl/N-ethyl adjacent to an activating group) is 1. The lowest BCUT2D eigenvalue weighted by atomic mass is 9.89. The van der Waals surface area contributed by atoms with Crippen molar-refractivity contribution in [2.75, 3.05) is 52.9 Å². The van der Waals surface area contributed by atoms with Gasteiger partial charge in [0.15, 0.2) is 0 Å². The summed E-state index contributed by atoms with van der Waals surface area (Å²) in [5.74, 6) is 0.760. The first-order chi connectivity index (χ1) is 14.1. The van der Waals surface area contributed by atoms with Crippen molar-refractivity contribution in [2.24, 2.45) is 11.7 Å². The van der Waals surface area contributed by atoms with Gasteiger partial charge in [0.05, 0.1) is 0 Å². The van der Waals surface area contributed by atoms with Gasteiger partial charge in [0.25, 0.3) is 5.91 Å². The Morgan fingerprint density at radius 1 is 1.00 bits per heavy atom. The molecule has 4 rings (SSSR count). The molecule has 5 nitrogen and oxygen atoms in total. The van der Waals surface area contributed by atoms with Crippen molar-refractivity contribution in [2.45, 2.75) is 12.5 Å². The van der Waals surface area contributed by atoms with Crippen LogP contribution in [0.4, 0.5) is 0 Å². The first kappa shape index (κ1) is 20.1. The number of rotatable bonds is 5. The van der Waals surface area contributed by atoms with E-state index >= 15 is 0 Å². The standard InChI is InChI=1S/C24H32N4O/c1-26-10-12-27(13-11-26)16-19-6-5-9-21(14-19)24(29)28-17-22(15-25)23(18-28)20-7-3-2-4-8-20/h2-9,14,22-23H,10-13,15-18,25H2,1H3/t22-,23+/m1/s1. The van der Waals surface area contributed by atoms with E-state index in [0.29, 0.717) is 18.4 Å². The summed E-state index contributed by atoms with van der Waals surface area (Å²) in [5.41, 5.74) is 9.34. The molecule has 1 amide bonds. The maximum absolute atomic E-state index is 13.2. The second kappa shape index (κ2) is 9.08. The highest BCUT2D eigenvalue weighted by Gasteiger charge is 2.35. The van der Waals surface area contributed by atoms with Crippen LogP contribution in [-0.4, -0.2) is 73.5 Å². The number of nitrogens with zero attached hydrogens (tertiary/aromatic N) is 3. The van der Waals surface area contributed by atoms with Gasteiger partial charge >= 0.3 is 0 Å². The van der Waals surface area contributed by atoms with Crippen LogP contribution >= 0.6 is 0 Å². The number of carbonyl (C=O) groups is 1. The Balaban J connectivity index is 1.44. The molecule has 5 heteroatoms. The Bertz CT molecular complexity index is 817. The minimum Gasteiger partial charge on any atom is -0.338 e. The molecule has 0 spiro atoms. The van der Waals surface area contributed by atoms with Gasteiger partial charge in [-0.2, -0.15) is 0 Å². The molecule has 29 heavy (non-hydrogen) atoms. The molecule has 2 N–H and O–H groups in total. The lowest BCUT2D eigenvalue weighted by Crippen LogP contribution is -2.43. The summed E-state index contributed by atoms with van der Waals surface area (Å²) in [7, 11) is 2.17. The molecular formula is C24H32N4O. The number of nitrogens with two attached hydrogens (primary N) is 1. The molecule has 2 heterocycles. The van der Waals surface area contributed by atoms with Crippen molar-refractivity contribution in [1.29, 1.82) is 0 Å². The van der Waals surface area contributed by atoms with E-state index in [4.69, 9.17) is 5.73 Å². The van der Waals surface area contributed by atoms with Gasteiger partial charge in [-0.05, 0) is 42.8 Å². The lowest BCUT2D eigenvalue weighted by Gasteiger charge is -2.32. The van der Waals surface area contributed by atoms with Crippen molar-refractivity contribution in [3.8, 4) is 0 Å². The molecular weight excluding hydrogens is 360 g/mol. The maximum Gasteiger partial charge on any atom is 0.253 e. The van der Waals surface area contributed by atoms with Gasteiger partial charge in [0.2, 0.25) is 0 Å². The van der Waals surface area contributed by atoms with Crippen LogP contribution in [0.5, 0.6) is 0 Å². The number of piperazine rings is 1. The maximum atomic E-state index is 13.2. The van der Waals surface area contributed by atoms with Crippen LogP contribution in [0.1, 0.15) is 27.4 Å². The number of benzene rings is 2. The van der Waals surface area contributed by atoms with Crippen molar-refractivity contribution >= 4 is 5.91 Å². The smallest absolute Gasteiger partial charge is 0.253 e. The molecule has 2 saturated heterocycles. The van der Waals surface area contributed by atoms with Crippen molar-refractivity contribution in [3.63, 3.8) is 0 Å². The molecule has 2 aromatic carbocycles. The predicted molar refractivity (Wildman–Crippen MR) is 117 cm³/mol. The van der Waals surface area contributed by atoms with Gasteiger partial charge in [0.1, 0.15) is 0 Å². The highest BCUT2D eigenvalue weighted by Crippen LogP contribution is 2.32. The Labute approximate surface area is 174 Å². The SMILES string of the molecule is CN1CCN(Cc2cccc(C(=O)N3C[C@@H](CN)[C@H](c4ccccc4)C3)c2)CC1. The molecule has 0 aromatic heterocycles. The Kier molecular flexibility index (Phi) is 6.28. The van der Waals surface area contributed by atoms with E-state index in [1.165, 1.54) is 11.1 Å². The summed E-state index contributed by atoms with van der Waals surface area (Å²) in [5, 5.41) is 0. The summed E-state index contributed by atoms with van der Waals surface area (Å²) >= 11 is 0. The minimum atomic E-state index is 0.127. The zero-order valence-electron chi connectivity index (χ0n) is 17.3. The third kappa shape index (κ3) is 4.69. The fraction of sp³-hybridized carbons (Fsp3) is 0.458. The zero-order valence-corrected chi connectivity index (χ0v) is 17.3. The molecule has 0 unspecified atom stereocenters. The van der Waals surface area contributed by atoms with Gasteiger partial charge in [-0.3, -0.25) is 9.69 Å². The van der Waals surface area contributed by atoms with Gasteiger partial charge < -0.3 is 15.5 Å². The average molecular weight is 393 g/mol. The van der Waals surface area contributed by atoms with Crippen LogP contribution in [0.25, 0.3) is 0 Å². The van der Waals surface area contributed by atoms with E-state index in [-0.39, 0.29) is 5.91 Å². The van der Waals surface area contributed by atoms with E-state index in [9.17, 15) is 4.79 Å². The van der Waals surface area contributed by atoms with Crippen LogP contribution in [0.15, 0.2) is 54.6 Å². The molecule has 0 radical (unpaired) electrons. The van der Waals surface area contributed by atoms with Crippen molar-refractivity contribution in [1.82, 2.24) is 14.7 Å². The minimum absolute atomic E-state index is 0.127. The van der Waals surface area contributed by atoms with Gasteiger partial charge in [0, 0.05) is 57.3 Å². The molecule has 0 bridgehead atoms. The second-order valence-electron chi connectivity index (χ2n) is 8.50. The molecule has 2 fully saturated rings. The highest BCUT2D eigenvalue weighted by atomic mass is 16.2. The lowest BCUT2D eigenvalue weighted by molar-refractivity contribution is 0.0786. The third-order valence-electron chi connectivity index (χ3n) is 6.43. The average Bonchev–Trinajstić information content (AvgIpc) is 3.20. The van der Waals surface area contributed by atoms with Crippen LogP contribution in [-0.2, 0) is 6.54 Å². The summed E-state index contributed by atoms with van der Waals surface area (Å²) in [4.78, 5) is 20.1. The molecule has 2 aliphatic rings. The Morgan fingerprint density at radius 3 is 2.48 bits per heavy atom. The van der Waals surface area contributed by atoms with Crippen LogP contribution in [0.2, 0.25) is 0 Å². The first-order valence-corrected chi connectivity index (χ1v) is 10.7. The van der Waals surface area contributed by atoms with Gasteiger partial charge in [-0.25, -0.2) is 0 Å². The fourth-order valence-corrected chi connectivity index (χ4v) is 4.60. The number of hydrogen-bond acceptors (Lipinski definition) is 4. The van der Waals surface area contributed by atoms with Crippen LogP contribution < -0.4 is 5.73 Å². The van der Waals surface area contributed by atoms with E-state index in [0.717, 1.165) is 51.4 Å². The highest BCUT2D eigenvalue weighted by molar-refractivity contribution is 5.94. The van der Waals surface area contributed by atoms with E-state index in [2.05, 4.69) is 53.2 Å². The zero-order chi connectivity index (χ0) is 20.2. The quantitative estimate of drug-likeness (QED) is 0.848. The van der Waals surface area contributed by atoms with Gasteiger partial charge in [-0.1, -0.05) is 42.5 Å². The normalized spacial score (nSPS) is 23.4.